The highest BCUT2D eigenvalue weighted by Crippen LogP contribution is 2.57. The van der Waals surface area contributed by atoms with Gasteiger partial charge in [-0.3, -0.25) is 0 Å². The van der Waals surface area contributed by atoms with Gasteiger partial charge in [-0.25, -0.2) is 0 Å². The van der Waals surface area contributed by atoms with Crippen LogP contribution in [0.3, 0.4) is 0 Å². The molecule has 0 fully saturated rings. The van der Waals surface area contributed by atoms with Gasteiger partial charge in [0.15, 0.2) is 0 Å². The van der Waals surface area contributed by atoms with Crippen LogP contribution in [0.15, 0.2) is 243 Å². The minimum absolute atomic E-state index is 0.0402. The number of allylic oxidation sites excluding steroid dienone is 4. The molecule has 1 aliphatic rings. The van der Waals surface area contributed by atoms with Crippen LogP contribution in [-0.4, -0.2) is 0 Å². The highest BCUT2D eigenvalue weighted by molar-refractivity contribution is 6.14. The monoisotopic (exact) mass is 718 g/mol. The summed E-state index contributed by atoms with van der Waals surface area (Å²) in [5, 5.41) is 4.58. The van der Waals surface area contributed by atoms with E-state index >= 15 is 0 Å². The van der Waals surface area contributed by atoms with Crippen LogP contribution < -0.4 is 4.90 Å². The van der Waals surface area contributed by atoms with Gasteiger partial charge in [0.25, 0.3) is 0 Å². The molecule has 9 rings (SSSR count). The van der Waals surface area contributed by atoms with Gasteiger partial charge in [-0.2, -0.15) is 0 Å². The molecular weight excluding hydrogens is 675 g/mol. The zero-order valence-electron chi connectivity index (χ0n) is 34.1. The second-order valence-corrected chi connectivity index (χ2v) is 14.0. The predicted octanol–water partition coefficient (Wildman–Crippen LogP) is 14.5. The lowest BCUT2D eigenvalue weighted by molar-refractivity contribution is 0.768. The Labute approximate surface area is 334 Å². The fourth-order valence-electron chi connectivity index (χ4n) is 8.65. The van der Waals surface area contributed by atoms with Crippen LogP contribution in [0.4, 0.5) is 11.4 Å². The first-order valence-electron chi connectivity index (χ1n) is 20.3. The molecule has 1 heteroatoms. The van der Waals surface area contributed by atoms with Crippen molar-refractivity contribution in [2.45, 2.75) is 5.41 Å². The Balaban J connectivity index is 1.38. The minimum Gasteiger partial charge on any atom is -0.310 e. The average molecular weight is 719 g/mol. The van der Waals surface area contributed by atoms with Gasteiger partial charge in [-0.05, 0) is 102 Å². The van der Waals surface area contributed by atoms with Crippen molar-refractivity contribution in [3.8, 4) is 22.3 Å². The number of benzene rings is 8. The zero-order chi connectivity index (χ0) is 40.8. The summed E-state index contributed by atoms with van der Waals surface area (Å²) < 4.78 is 30.3. The maximum absolute atomic E-state index is 10.5. The normalized spacial score (nSPS) is 13.1. The Morgan fingerprint density at radius 3 is 1.84 bits per heavy atom. The molecular formula is C55H41N. The van der Waals surface area contributed by atoms with E-state index in [1.165, 1.54) is 5.39 Å². The standard InChI is InChI=1S/C55H41N/c1-5-39(6-2)46(7-3)38(4)56(44-27-20-22-40(35-44)52-36-41-21-14-15-28-47(41)48-29-16-17-30-49(48)52)45-33-34-51-50-31-18-19-32-53(50)55(54(51)37-45,42-23-10-8-11-24-42)43-25-12-9-13-26-43/h5-37H,1-4H2/i33D,34D,37D. The first-order chi connectivity index (χ1) is 28.8. The molecule has 0 heterocycles. The second kappa shape index (κ2) is 14.2. The summed E-state index contributed by atoms with van der Waals surface area (Å²) in [6.07, 6.45) is 5.13. The van der Waals surface area contributed by atoms with E-state index in [4.69, 9.17) is 0 Å². The average Bonchev–Trinajstić information content (AvgIpc) is 3.61. The molecule has 1 nitrogen and oxygen atoms in total. The lowest BCUT2D eigenvalue weighted by Crippen LogP contribution is -2.29. The minimum atomic E-state index is -0.965. The molecule has 8 aromatic carbocycles. The van der Waals surface area contributed by atoms with E-state index in [9.17, 15) is 4.11 Å². The first-order valence-corrected chi connectivity index (χ1v) is 18.8. The molecule has 0 aliphatic heterocycles. The third-order valence-electron chi connectivity index (χ3n) is 11.1. The van der Waals surface area contributed by atoms with Crippen molar-refractivity contribution in [1.82, 2.24) is 0 Å². The second-order valence-electron chi connectivity index (χ2n) is 14.0. The maximum Gasteiger partial charge on any atom is 0.0714 e. The Morgan fingerprint density at radius 2 is 1.14 bits per heavy atom. The molecule has 0 aromatic heterocycles. The molecule has 266 valence electrons. The van der Waals surface area contributed by atoms with Crippen molar-refractivity contribution in [1.29, 1.82) is 0 Å². The van der Waals surface area contributed by atoms with Crippen LogP contribution in [0.5, 0.6) is 0 Å². The van der Waals surface area contributed by atoms with Gasteiger partial charge in [-0.15, -0.1) is 0 Å². The van der Waals surface area contributed by atoms with Crippen molar-refractivity contribution in [2.75, 3.05) is 4.90 Å². The van der Waals surface area contributed by atoms with Crippen molar-refractivity contribution in [2.24, 2.45) is 0 Å². The van der Waals surface area contributed by atoms with Crippen molar-refractivity contribution >= 4 is 32.9 Å². The molecule has 0 atom stereocenters. The summed E-state index contributed by atoms with van der Waals surface area (Å²) in [5.41, 5.74) is 8.77. The van der Waals surface area contributed by atoms with E-state index in [0.717, 1.165) is 49.5 Å². The van der Waals surface area contributed by atoms with Crippen LogP contribution in [0.2, 0.25) is 0 Å². The highest BCUT2D eigenvalue weighted by Gasteiger charge is 2.46. The van der Waals surface area contributed by atoms with Gasteiger partial charge in [0.05, 0.1) is 9.53 Å². The predicted molar refractivity (Wildman–Crippen MR) is 240 cm³/mol. The zero-order valence-corrected chi connectivity index (χ0v) is 31.1. The van der Waals surface area contributed by atoms with Gasteiger partial charge in [0, 0.05) is 22.6 Å². The van der Waals surface area contributed by atoms with Crippen LogP contribution in [0.25, 0.3) is 43.8 Å². The Bertz CT molecular complexity index is 3000. The SMILES string of the molecule is [2H]c1c([2H])c(N(C(=C)C(C=C)=C(C=C)C=C)c2cccc(-c3cc4ccccc4c4ccccc34)c2)c([2H])c2c1-c1ccccc1C2(c1ccccc1)c1ccccc1. The molecule has 0 spiro atoms. The summed E-state index contributed by atoms with van der Waals surface area (Å²) >= 11 is 0. The fourth-order valence-corrected chi connectivity index (χ4v) is 8.65. The number of hydrogen-bond donors (Lipinski definition) is 0. The maximum atomic E-state index is 10.5. The van der Waals surface area contributed by atoms with Crippen LogP contribution in [0, 0.1) is 0 Å². The number of fused-ring (bicyclic) bond motifs is 6. The Morgan fingerprint density at radius 1 is 0.518 bits per heavy atom. The lowest BCUT2D eigenvalue weighted by Gasteiger charge is -2.35. The van der Waals surface area contributed by atoms with Gasteiger partial charge in [0.1, 0.15) is 0 Å². The Kier molecular flexibility index (Phi) is 7.91. The van der Waals surface area contributed by atoms with Crippen molar-refractivity contribution in [3.05, 3.63) is 266 Å². The first kappa shape index (κ1) is 31.2. The van der Waals surface area contributed by atoms with Gasteiger partial charge in [0.2, 0.25) is 0 Å². The molecule has 0 bridgehead atoms. The molecule has 8 aromatic rings. The summed E-state index contributed by atoms with van der Waals surface area (Å²) in [6, 6.07) is 56.0. The molecule has 0 N–H and O–H groups in total. The Hall–Kier alpha value is -7.22. The third kappa shape index (κ3) is 5.40. The van der Waals surface area contributed by atoms with E-state index in [1.54, 1.807) is 18.2 Å². The van der Waals surface area contributed by atoms with E-state index < -0.39 is 5.41 Å². The summed E-state index contributed by atoms with van der Waals surface area (Å²) in [4.78, 5) is 1.86. The number of hydrogen-bond acceptors (Lipinski definition) is 1. The van der Waals surface area contributed by atoms with E-state index in [1.807, 2.05) is 71.6 Å². The van der Waals surface area contributed by atoms with E-state index in [0.29, 0.717) is 33.7 Å². The molecule has 0 saturated carbocycles. The smallest absolute Gasteiger partial charge is 0.0714 e. The van der Waals surface area contributed by atoms with Crippen molar-refractivity contribution in [3.63, 3.8) is 0 Å². The largest absolute Gasteiger partial charge is 0.310 e. The lowest BCUT2D eigenvalue weighted by atomic mass is 9.67. The number of nitrogens with zero attached hydrogens (tertiary/aromatic N) is 1. The fraction of sp³-hybridized carbons (Fsp3) is 0.0182. The molecule has 1 aliphatic carbocycles. The van der Waals surface area contributed by atoms with Gasteiger partial charge >= 0.3 is 0 Å². The van der Waals surface area contributed by atoms with Gasteiger partial charge in [-0.1, -0.05) is 196 Å². The van der Waals surface area contributed by atoms with Crippen LogP contribution >= 0.6 is 0 Å². The van der Waals surface area contributed by atoms with Crippen LogP contribution in [0.1, 0.15) is 26.4 Å². The quantitative estimate of drug-likeness (QED) is 0.101. The van der Waals surface area contributed by atoms with E-state index in [-0.39, 0.29) is 23.8 Å². The highest BCUT2D eigenvalue weighted by atomic mass is 15.1. The number of rotatable bonds is 10. The molecule has 0 unspecified atom stereocenters. The molecule has 56 heavy (non-hydrogen) atoms. The summed E-state index contributed by atoms with van der Waals surface area (Å²) in [5.74, 6) is 0. The van der Waals surface area contributed by atoms with E-state index in [2.05, 4.69) is 123 Å². The third-order valence-corrected chi connectivity index (χ3v) is 11.1. The summed E-state index contributed by atoms with van der Waals surface area (Å²) in [7, 11) is 0. The van der Waals surface area contributed by atoms with Crippen LogP contribution in [-0.2, 0) is 5.41 Å². The molecule has 0 saturated heterocycles. The molecule has 0 radical (unpaired) electrons. The topological polar surface area (TPSA) is 3.24 Å². The van der Waals surface area contributed by atoms with Crippen molar-refractivity contribution < 1.29 is 4.11 Å². The van der Waals surface area contributed by atoms with Gasteiger partial charge < -0.3 is 4.90 Å². The summed E-state index contributed by atoms with van der Waals surface area (Å²) in [6.45, 7) is 17.0. The number of anilines is 2. The molecule has 0 amide bonds.